The van der Waals surface area contributed by atoms with E-state index in [0.717, 1.165) is 12.8 Å². The van der Waals surface area contributed by atoms with Crippen LogP contribution < -0.4 is 0 Å². The second-order valence-electron chi connectivity index (χ2n) is 5.83. The zero-order chi connectivity index (χ0) is 17.6. The number of ether oxygens (including phenoxy) is 1. The van der Waals surface area contributed by atoms with E-state index in [1.54, 1.807) is 0 Å². The van der Waals surface area contributed by atoms with Crippen LogP contribution in [0.25, 0.3) is 0 Å². The van der Waals surface area contributed by atoms with E-state index in [0.29, 0.717) is 12.8 Å². The van der Waals surface area contributed by atoms with Crippen LogP contribution in [0, 0.1) is 0 Å². The second-order valence-corrected chi connectivity index (χ2v) is 8.90. The molecule has 0 saturated carbocycles. The minimum Gasteiger partial charge on any atom is -0.458 e. The quantitative estimate of drug-likeness (QED) is 0.251. The van der Waals surface area contributed by atoms with Crippen molar-refractivity contribution in [2.45, 2.75) is 83.8 Å². The fourth-order valence-corrected chi connectivity index (χ4v) is 4.74. The van der Waals surface area contributed by atoms with Crippen LogP contribution >= 0.6 is 0 Å². The summed E-state index contributed by atoms with van der Waals surface area (Å²) in [6.45, 7) is 4.16. The molecule has 1 atom stereocenters. The number of hydrogen-bond donors (Lipinski definition) is 0. The fourth-order valence-electron chi connectivity index (χ4n) is 2.67. The lowest BCUT2D eigenvalue weighted by Gasteiger charge is -2.31. The highest BCUT2D eigenvalue weighted by Crippen LogP contribution is 2.19. The van der Waals surface area contributed by atoms with Gasteiger partial charge in [-0.15, -0.1) is 0 Å². The molecule has 0 aliphatic heterocycles. The van der Waals surface area contributed by atoms with Crippen LogP contribution in [0.4, 0.5) is 0 Å². The molecule has 0 aliphatic carbocycles. The van der Waals surface area contributed by atoms with Gasteiger partial charge in [0.05, 0.1) is 0 Å². The molecule has 0 radical (unpaired) electrons. The predicted octanol–water partition coefficient (Wildman–Crippen LogP) is 4.26. The van der Waals surface area contributed by atoms with Gasteiger partial charge >= 0.3 is 14.8 Å². The summed E-state index contributed by atoms with van der Waals surface area (Å²) in [6, 6.07) is 0. The Morgan fingerprint density at radius 1 is 0.826 bits per heavy atom. The molecule has 5 nitrogen and oxygen atoms in total. The first-order valence-electron chi connectivity index (χ1n) is 8.95. The summed E-state index contributed by atoms with van der Waals surface area (Å²) < 4.78 is 21.7. The summed E-state index contributed by atoms with van der Waals surface area (Å²) in [4.78, 5) is 12.0. The lowest BCUT2D eigenvalue weighted by Crippen LogP contribution is -2.55. The molecule has 138 valence electrons. The second kappa shape index (κ2) is 14.0. The van der Waals surface area contributed by atoms with E-state index in [1.807, 2.05) is 6.92 Å². The molecule has 0 bridgehead atoms. The van der Waals surface area contributed by atoms with Crippen molar-refractivity contribution < 1.29 is 22.8 Å². The van der Waals surface area contributed by atoms with Crippen molar-refractivity contribution in [2.24, 2.45) is 0 Å². The van der Waals surface area contributed by atoms with Gasteiger partial charge in [-0.1, -0.05) is 58.8 Å². The van der Waals surface area contributed by atoms with E-state index in [-0.39, 0.29) is 5.97 Å². The average molecular weight is 349 g/mol. The SMILES string of the molecule is CCCCCCCCCCC(=O)OC(CC)[Si](OC)(OC)OC. The Morgan fingerprint density at radius 3 is 1.74 bits per heavy atom. The molecular formula is C17H36O5Si. The standard InChI is InChI=1S/C17H36O5Si/c1-6-8-9-10-11-12-13-14-15-16(18)22-17(7-2)23(19-3,20-4)21-5/h17H,6-15H2,1-5H3. The number of rotatable bonds is 15. The Bertz CT molecular complexity index is 286. The number of unbranched alkanes of at least 4 members (excludes halogenated alkanes) is 7. The van der Waals surface area contributed by atoms with Crippen LogP contribution in [0.1, 0.15) is 78.1 Å². The van der Waals surface area contributed by atoms with Gasteiger partial charge in [0.15, 0.2) is 5.73 Å². The lowest BCUT2D eigenvalue weighted by molar-refractivity contribution is -0.148. The first-order chi connectivity index (χ1) is 11.1. The smallest absolute Gasteiger partial charge is 0.458 e. The molecule has 0 N–H and O–H groups in total. The highest BCUT2D eigenvalue weighted by Gasteiger charge is 2.49. The third kappa shape index (κ3) is 8.84. The molecular weight excluding hydrogens is 312 g/mol. The van der Waals surface area contributed by atoms with E-state index in [1.165, 1.54) is 59.9 Å². The Morgan fingerprint density at radius 2 is 1.30 bits per heavy atom. The molecule has 0 aromatic rings. The Labute approximate surface area is 143 Å². The third-order valence-corrected chi connectivity index (χ3v) is 7.15. The van der Waals surface area contributed by atoms with Gasteiger partial charge in [0, 0.05) is 27.8 Å². The van der Waals surface area contributed by atoms with E-state index in [2.05, 4.69) is 6.92 Å². The summed E-state index contributed by atoms with van der Waals surface area (Å²) in [5.74, 6) is -0.189. The topological polar surface area (TPSA) is 54.0 Å². The van der Waals surface area contributed by atoms with Crippen molar-refractivity contribution in [3.05, 3.63) is 0 Å². The summed E-state index contributed by atoms with van der Waals surface area (Å²) in [5, 5.41) is 0. The van der Waals surface area contributed by atoms with Gasteiger partial charge in [-0.2, -0.15) is 0 Å². The Hall–Kier alpha value is -0.433. The van der Waals surface area contributed by atoms with Gasteiger partial charge in [0.1, 0.15) is 0 Å². The van der Waals surface area contributed by atoms with Crippen molar-refractivity contribution >= 4 is 14.8 Å². The van der Waals surface area contributed by atoms with Gasteiger partial charge in [-0.3, -0.25) is 4.79 Å². The van der Waals surface area contributed by atoms with Crippen molar-refractivity contribution in [3.8, 4) is 0 Å². The summed E-state index contributed by atoms with van der Waals surface area (Å²) in [6.07, 6.45) is 10.7. The van der Waals surface area contributed by atoms with Crippen LogP contribution in [0.2, 0.25) is 0 Å². The molecule has 0 spiro atoms. The van der Waals surface area contributed by atoms with Crippen molar-refractivity contribution in [1.29, 1.82) is 0 Å². The van der Waals surface area contributed by atoms with E-state index >= 15 is 0 Å². The van der Waals surface area contributed by atoms with Gasteiger partial charge < -0.3 is 18.0 Å². The zero-order valence-corrected chi connectivity index (χ0v) is 16.7. The molecule has 0 aromatic heterocycles. The summed E-state index contributed by atoms with van der Waals surface area (Å²) >= 11 is 0. The van der Waals surface area contributed by atoms with Crippen molar-refractivity contribution in [3.63, 3.8) is 0 Å². The molecule has 0 heterocycles. The largest absolute Gasteiger partial charge is 0.543 e. The minimum atomic E-state index is -2.93. The van der Waals surface area contributed by atoms with Crippen LogP contribution in [0.5, 0.6) is 0 Å². The Kier molecular flexibility index (Phi) is 13.7. The predicted molar refractivity (Wildman–Crippen MR) is 94.2 cm³/mol. The molecule has 0 rings (SSSR count). The van der Waals surface area contributed by atoms with Crippen molar-refractivity contribution in [2.75, 3.05) is 21.3 Å². The first-order valence-corrected chi connectivity index (χ1v) is 10.7. The molecule has 0 saturated heterocycles. The maximum atomic E-state index is 12.0. The monoisotopic (exact) mass is 348 g/mol. The van der Waals surface area contributed by atoms with E-state index in [4.69, 9.17) is 18.0 Å². The van der Waals surface area contributed by atoms with E-state index in [9.17, 15) is 4.79 Å². The highest BCUT2D eigenvalue weighted by atomic mass is 28.4. The maximum absolute atomic E-state index is 12.0. The lowest BCUT2D eigenvalue weighted by atomic mass is 10.1. The Balaban J connectivity index is 3.98. The average Bonchev–Trinajstić information content (AvgIpc) is 2.58. The molecule has 1 unspecified atom stereocenters. The third-order valence-electron chi connectivity index (χ3n) is 4.13. The summed E-state index contributed by atoms with van der Waals surface area (Å²) in [7, 11) is 1.68. The first kappa shape index (κ1) is 22.6. The molecule has 0 aliphatic rings. The number of carbonyl (C=O) groups is 1. The highest BCUT2D eigenvalue weighted by molar-refractivity contribution is 6.62. The van der Waals surface area contributed by atoms with Crippen LogP contribution in [-0.4, -0.2) is 41.8 Å². The minimum absolute atomic E-state index is 0.189. The fraction of sp³-hybridized carbons (Fsp3) is 0.941. The van der Waals surface area contributed by atoms with Crippen LogP contribution in [-0.2, 0) is 22.8 Å². The normalized spacial score (nSPS) is 13.1. The van der Waals surface area contributed by atoms with Gasteiger partial charge in [-0.05, 0) is 12.8 Å². The summed E-state index contributed by atoms with van der Waals surface area (Å²) in [5.41, 5.74) is -0.441. The molecule has 0 aromatic carbocycles. The molecule has 23 heavy (non-hydrogen) atoms. The van der Waals surface area contributed by atoms with E-state index < -0.39 is 14.5 Å². The number of esters is 1. The number of hydrogen-bond acceptors (Lipinski definition) is 5. The van der Waals surface area contributed by atoms with Crippen molar-refractivity contribution in [1.82, 2.24) is 0 Å². The maximum Gasteiger partial charge on any atom is 0.543 e. The van der Waals surface area contributed by atoms with Gasteiger partial charge in [0.25, 0.3) is 0 Å². The van der Waals surface area contributed by atoms with Gasteiger partial charge in [0.2, 0.25) is 0 Å². The zero-order valence-electron chi connectivity index (χ0n) is 15.7. The van der Waals surface area contributed by atoms with Gasteiger partial charge in [-0.25, -0.2) is 0 Å². The van der Waals surface area contributed by atoms with Crippen LogP contribution in [0.3, 0.4) is 0 Å². The molecule has 0 amide bonds. The van der Waals surface area contributed by atoms with Crippen LogP contribution in [0.15, 0.2) is 0 Å². The number of carbonyl (C=O) groups excluding carboxylic acids is 1. The molecule has 6 heteroatoms. The molecule has 0 fully saturated rings.